The fraction of sp³-hybridized carbons (Fsp3) is 0.192. The molecule has 3 aromatic rings. The number of halogens is 3. The Balaban J connectivity index is 1.91. The van der Waals surface area contributed by atoms with Gasteiger partial charge in [-0.3, -0.25) is 4.79 Å². The van der Waals surface area contributed by atoms with Gasteiger partial charge in [-0.15, -0.1) is 11.3 Å². The number of carbonyl (C=O) groups excluding carboxylic acids is 2. The quantitative estimate of drug-likeness (QED) is 0.183. The lowest BCUT2D eigenvalue weighted by Gasteiger charge is -2.12. The van der Waals surface area contributed by atoms with Crippen molar-refractivity contribution in [3.63, 3.8) is 0 Å². The zero-order chi connectivity index (χ0) is 26.4. The fourth-order valence-electron chi connectivity index (χ4n) is 3.11. The first-order valence-corrected chi connectivity index (χ1v) is 12.2. The average Bonchev–Trinajstić information content (AvgIpc) is 3.26. The van der Waals surface area contributed by atoms with Crippen LogP contribution in [0.5, 0.6) is 5.75 Å². The summed E-state index contributed by atoms with van der Waals surface area (Å²) in [6.07, 6.45) is 1.30. The molecule has 0 saturated heterocycles. The largest absolute Gasteiger partial charge is 0.488 e. The molecule has 0 spiro atoms. The van der Waals surface area contributed by atoms with Crippen LogP contribution in [0.25, 0.3) is 6.08 Å². The Morgan fingerprint density at radius 1 is 1.22 bits per heavy atom. The molecule has 3 rings (SSSR count). The maximum absolute atomic E-state index is 14.1. The zero-order valence-electron chi connectivity index (χ0n) is 19.5. The molecule has 0 bridgehead atoms. The summed E-state index contributed by atoms with van der Waals surface area (Å²) in [5, 5.41) is 13.1. The van der Waals surface area contributed by atoms with Gasteiger partial charge in [0.1, 0.15) is 34.8 Å². The van der Waals surface area contributed by atoms with Crippen molar-refractivity contribution < 1.29 is 23.5 Å². The molecule has 0 aliphatic heterocycles. The first-order valence-electron chi connectivity index (χ1n) is 10.6. The fourth-order valence-corrected chi connectivity index (χ4v) is 4.55. The molecule has 0 aliphatic carbocycles. The smallest absolute Gasteiger partial charge is 0.340 e. The number of carbonyl (C=O) groups is 2. The minimum absolute atomic E-state index is 0.115. The predicted molar refractivity (Wildman–Crippen MR) is 139 cm³/mol. The molecule has 1 N–H and O–H groups in total. The van der Waals surface area contributed by atoms with Crippen LogP contribution in [0.15, 0.2) is 48.0 Å². The standard InChI is InChI=1S/C26H21Cl2FN2O4S/c1-14(2)23-11-18(26(33)34-3)25(36-23)31-24(32)16(12-30)9-15-10-17(27)7-8-22(15)35-13-19-20(28)5-4-6-21(19)29/h4-11,14H,13H2,1-3H3,(H,31,32). The number of benzene rings is 2. The number of nitrogens with one attached hydrogen (secondary N) is 1. The molecule has 186 valence electrons. The molecule has 6 nitrogen and oxygen atoms in total. The van der Waals surface area contributed by atoms with Crippen molar-refractivity contribution in [2.45, 2.75) is 26.4 Å². The molecule has 1 heterocycles. The van der Waals surface area contributed by atoms with E-state index in [4.69, 9.17) is 32.7 Å². The number of amides is 1. The predicted octanol–water partition coefficient (Wildman–Crippen LogP) is 7.23. The third-order valence-electron chi connectivity index (χ3n) is 5.02. The molecule has 36 heavy (non-hydrogen) atoms. The molecular weight excluding hydrogens is 526 g/mol. The number of esters is 1. The molecule has 1 aromatic heterocycles. The number of thiophene rings is 1. The minimum Gasteiger partial charge on any atom is -0.488 e. The molecular formula is C26H21Cl2FN2O4S. The Morgan fingerprint density at radius 3 is 2.61 bits per heavy atom. The van der Waals surface area contributed by atoms with Crippen LogP contribution in [0, 0.1) is 17.1 Å². The van der Waals surface area contributed by atoms with Gasteiger partial charge < -0.3 is 14.8 Å². The Morgan fingerprint density at radius 2 is 1.97 bits per heavy atom. The molecule has 0 atom stereocenters. The molecule has 0 aliphatic rings. The van der Waals surface area contributed by atoms with Gasteiger partial charge in [0.15, 0.2) is 0 Å². The Labute approximate surface area is 221 Å². The van der Waals surface area contributed by atoms with Crippen LogP contribution < -0.4 is 10.1 Å². The Kier molecular flexibility index (Phi) is 9.10. The van der Waals surface area contributed by atoms with E-state index in [9.17, 15) is 19.2 Å². The van der Waals surface area contributed by atoms with Crippen LogP contribution in [0.1, 0.15) is 46.1 Å². The van der Waals surface area contributed by atoms with Gasteiger partial charge in [-0.2, -0.15) is 5.26 Å². The van der Waals surface area contributed by atoms with E-state index in [-0.39, 0.29) is 45.0 Å². The van der Waals surface area contributed by atoms with Crippen molar-refractivity contribution in [2.24, 2.45) is 0 Å². The van der Waals surface area contributed by atoms with E-state index in [1.165, 1.54) is 42.7 Å². The second-order valence-electron chi connectivity index (χ2n) is 7.83. The van der Waals surface area contributed by atoms with Gasteiger partial charge in [0, 0.05) is 21.0 Å². The average molecular weight is 547 g/mol. The van der Waals surface area contributed by atoms with Crippen LogP contribution in [0.4, 0.5) is 9.39 Å². The highest BCUT2D eigenvalue weighted by Crippen LogP contribution is 2.34. The van der Waals surface area contributed by atoms with Crippen molar-refractivity contribution in [1.29, 1.82) is 5.26 Å². The van der Waals surface area contributed by atoms with Crippen molar-refractivity contribution >= 4 is 57.5 Å². The number of nitriles is 1. The number of hydrogen-bond donors (Lipinski definition) is 1. The highest BCUT2D eigenvalue weighted by molar-refractivity contribution is 7.16. The van der Waals surface area contributed by atoms with Gasteiger partial charge in [-0.1, -0.05) is 43.1 Å². The molecule has 1 amide bonds. The van der Waals surface area contributed by atoms with Crippen LogP contribution in [0.2, 0.25) is 10.0 Å². The van der Waals surface area contributed by atoms with Crippen LogP contribution >= 0.6 is 34.5 Å². The first-order chi connectivity index (χ1) is 17.1. The van der Waals surface area contributed by atoms with Crippen molar-refractivity contribution in [3.8, 4) is 11.8 Å². The second kappa shape index (κ2) is 12.0. The summed E-state index contributed by atoms with van der Waals surface area (Å²) < 4.78 is 24.7. The van der Waals surface area contributed by atoms with Crippen molar-refractivity contribution in [1.82, 2.24) is 0 Å². The van der Waals surface area contributed by atoms with E-state index >= 15 is 0 Å². The number of anilines is 1. The lowest BCUT2D eigenvalue weighted by Crippen LogP contribution is -2.15. The number of methoxy groups -OCH3 is 1. The van der Waals surface area contributed by atoms with E-state index < -0.39 is 17.7 Å². The van der Waals surface area contributed by atoms with Gasteiger partial charge >= 0.3 is 5.97 Å². The maximum Gasteiger partial charge on any atom is 0.340 e. The molecule has 0 radical (unpaired) electrons. The van der Waals surface area contributed by atoms with Gasteiger partial charge in [0.2, 0.25) is 0 Å². The normalized spacial score (nSPS) is 11.2. The third kappa shape index (κ3) is 6.43. The number of ether oxygens (including phenoxy) is 2. The van der Waals surface area contributed by atoms with E-state index in [0.29, 0.717) is 10.6 Å². The lowest BCUT2D eigenvalue weighted by atomic mass is 10.1. The summed E-state index contributed by atoms with van der Waals surface area (Å²) in [4.78, 5) is 26.0. The molecule has 2 aromatic carbocycles. The molecule has 0 unspecified atom stereocenters. The van der Waals surface area contributed by atoms with Gasteiger partial charge in [-0.25, -0.2) is 9.18 Å². The number of rotatable bonds is 8. The van der Waals surface area contributed by atoms with Crippen LogP contribution in [0.3, 0.4) is 0 Å². The monoisotopic (exact) mass is 546 g/mol. The van der Waals surface area contributed by atoms with E-state index in [1.54, 1.807) is 24.3 Å². The van der Waals surface area contributed by atoms with E-state index in [1.807, 2.05) is 19.9 Å². The highest BCUT2D eigenvalue weighted by atomic mass is 35.5. The molecule has 0 fully saturated rings. The van der Waals surface area contributed by atoms with Crippen molar-refractivity contribution in [2.75, 3.05) is 12.4 Å². The SMILES string of the molecule is COC(=O)c1cc(C(C)C)sc1NC(=O)C(C#N)=Cc1cc(Cl)ccc1OCc1c(F)cccc1Cl. The molecule has 0 saturated carbocycles. The minimum atomic E-state index is -0.733. The summed E-state index contributed by atoms with van der Waals surface area (Å²) in [5.41, 5.74) is 0.423. The summed E-state index contributed by atoms with van der Waals surface area (Å²) >= 11 is 13.4. The second-order valence-corrected chi connectivity index (χ2v) is 9.76. The Bertz CT molecular complexity index is 1360. The highest BCUT2D eigenvalue weighted by Gasteiger charge is 2.21. The summed E-state index contributed by atoms with van der Waals surface area (Å²) in [6.45, 7) is 3.72. The number of hydrogen-bond acceptors (Lipinski definition) is 6. The number of nitrogens with zero attached hydrogens (tertiary/aromatic N) is 1. The van der Waals surface area contributed by atoms with Gasteiger partial charge in [0.25, 0.3) is 5.91 Å². The third-order valence-corrected chi connectivity index (χ3v) is 6.96. The maximum atomic E-state index is 14.1. The summed E-state index contributed by atoms with van der Waals surface area (Å²) in [7, 11) is 1.25. The van der Waals surface area contributed by atoms with Crippen LogP contribution in [-0.2, 0) is 16.1 Å². The zero-order valence-corrected chi connectivity index (χ0v) is 21.9. The topological polar surface area (TPSA) is 88.4 Å². The van der Waals surface area contributed by atoms with E-state index in [0.717, 1.165) is 4.88 Å². The van der Waals surface area contributed by atoms with Gasteiger partial charge in [-0.05, 0) is 48.4 Å². The molecule has 10 heteroatoms. The van der Waals surface area contributed by atoms with Crippen LogP contribution in [-0.4, -0.2) is 19.0 Å². The van der Waals surface area contributed by atoms with E-state index in [2.05, 4.69) is 5.32 Å². The summed E-state index contributed by atoms with van der Waals surface area (Å²) in [5.74, 6) is -1.49. The Hall–Kier alpha value is -3.38. The van der Waals surface area contributed by atoms with Crippen molar-refractivity contribution in [3.05, 3.63) is 85.5 Å². The summed E-state index contributed by atoms with van der Waals surface area (Å²) in [6, 6.07) is 12.4. The van der Waals surface area contributed by atoms with Gasteiger partial charge in [0.05, 0.1) is 17.7 Å². The lowest BCUT2D eigenvalue weighted by molar-refractivity contribution is -0.112. The first kappa shape index (κ1) is 27.2.